The third-order valence-electron chi connectivity index (χ3n) is 3.11. The highest BCUT2D eigenvalue weighted by Gasteiger charge is 2.14. The quantitative estimate of drug-likeness (QED) is 0.720. The van der Waals surface area contributed by atoms with E-state index in [1.807, 2.05) is 30.3 Å². The molecule has 122 valence electrons. The first-order valence-corrected chi connectivity index (χ1v) is 7.96. The van der Waals surface area contributed by atoms with Gasteiger partial charge >= 0.3 is 0 Å². The van der Waals surface area contributed by atoms with E-state index in [4.69, 9.17) is 0 Å². The summed E-state index contributed by atoms with van der Waals surface area (Å²) in [6.07, 6.45) is 1.53. The molecule has 0 saturated heterocycles. The van der Waals surface area contributed by atoms with Crippen molar-refractivity contribution < 1.29 is 13.6 Å². The van der Waals surface area contributed by atoms with E-state index in [-0.39, 0.29) is 5.75 Å². The molecule has 1 heterocycles. The van der Waals surface area contributed by atoms with E-state index >= 15 is 0 Å². The van der Waals surface area contributed by atoms with Crippen LogP contribution in [0.25, 0.3) is 5.69 Å². The number of anilines is 1. The first-order valence-electron chi connectivity index (χ1n) is 6.97. The Labute approximate surface area is 140 Å². The lowest BCUT2D eigenvalue weighted by atomic mass is 10.3. The molecule has 0 fully saturated rings. The van der Waals surface area contributed by atoms with Crippen LogP contribution in [0.2, 0.25) is 0 Å². The van der Waals surface area contributed by atoms with E-state index in [0.29, 0.717) is 5.16 Å². The van der Waals surface area contributed by atoms with Crippen LogP contribution < -0.4 is 5.32 Å². The van der Waals surface area contributed by atoms with Crippen molar-refractivity contribution >= 4 is 23.4 Å². The van der Waals surface area contributed by atoms with Gasteiger partial charge in [-0.2, -0.15) is 0 Å². The molecule has 0 atom stereocenters. The Morgan fingerprint density at radius 3 is 2.50 bits per heavy atom. The number of carbonyl (C=O) groups is 1. The van der Waals surface area contributed by atoms with Crippen molar-refractivity contribution in [3.05, 3.63) is 66.5 Å². The van der Waals surface area contributed by atoms with E-state index in [9.17, 15) is 13.6 Å². The van der Waals surface area contributed by atoms with Crippen LogP contribution >= 0.6 is 11.8 Å². The molecule has 0 aliphatic carbocycles. The van der Waals surface area contributed by atoms with Gasteiger partial charge in [-0.1, -0.05) is 36.0 Å². The van der Waals surface area contributed by atoms with Crippen LogP contribution in [-0.4, -0.2) is 26.4 Å². The minimum absolute atomic E-state index is 0.0562. The van der Waals surface area contributed by atoms with Crippen molar-refractivity contribution in [1.29, 1.82) is 0 Å². The van der Waals surface area contributed by atoms with Gasteiger partial charge in [0, 0.05) is 5.69 Å². The average Bonchev–Trinajstić information content (AvgIpc) is 3.06. The normalized spacial score (nSPS) is 10.6. The number of nitrogens with one attached hydrogen (secondary N) is 1. The van der Waals surface area contributed by atoms with Crippen LogP contribution in [0.3, 0.4) is 0 Å². The van der Waals surface area contributed by atoms with Gasteiger partial charge < -0.3 is 5.32 Å². The number of amides is 1. The highest BCUT2D eigenvalue weighted by molar-refractivity contribution is 7.99. The summed E-state index contributed by atoms with van der Waals surface area (Å²) >= 11 is 1.12. The summed E-state index contributed by atoms with van der Waals surface area (Å²) in [7, 11) is 0. The lowest BCUT2D eigenvalue weighted by molar-refractivity contribution is -0.113. The standard InChI is InChI=1S/C16H12F2N4OS/c17-12-7-4-8-13(18)15(12)20-14(23)9-24-16-21-19-10-22(16)11-5-2-1-3-6-11/h1-8,10H,9H2,(H,20,23). The van der Waals surface area contributed by atoms with Gasteiger partial charge in [-0.15, -0.1) is 10.2 Å². The van der Waals surface area contributed by atoms with Gasteiger partial charge in [0.25, 0.3) is 0 Å². The predicted molar refractivity (Wildman–Crippen MR) is 87.1 cm³/mol. The molecular weight excluding hydrogens is 334 g/mol. The fourth-order valence-electron chi connectivity index (χ4n) is 2.01. The third kappa shape index (κ3) is 3.60. The second-order valence-corrected chi connectivity index (χ2v) is 5.70. The first-order chi connectivity index (χ1) is 11.6. The summed E-state index contributed by atoms with van der Waals surface area (Å²) in [6.45, 7) is 0. The van der Waals surface area contributed by atoms with E-state index < -0.39 is 23.2 Å². The van der Waals surface area contributed by atoms with E-state index in [1.54, 1.807) is 4.57 Å². The Morgan fingerprint density at radius 2 is 1.79 bits per heavy atom. The molecule has 24 heavy (non-hydrogen) atoms. The van der Waals surface area contributed by atoms with E-state index in [0.717, 1.165) is 29.6 Å². The smallest absolute Gasteiger partial charge is 0.235 e. The number of halogens is 2. The van der Waals surface area contributed by atoms with Crippen molar-refractivity contribution in [3.63, 3.8) is 0 Å². The highest BCUT2D eigenvalue weighted by Crippen LogP contribution is 2.21. The molecule has 3 rings (SSSR count). The fraction of sp³-hybridized carbons (Fsp3) is 0.0625. The zero-order valence-corrected chi connectivity index (χ0v) is 13.1. The summed E-state index contributed by atoms with van der Waals surface area (Å²) in [4.78, 5) is 11.9. The Bertz CT molecular complexity index is 834. The van der Waals surface area contributed by atoms with Crippen LogP contribution in [0, 0.1) is 11.6 Å². The Kier molecular flexibility index (Phi) is 4.85. The zero-order valence-electron chi connectivity index (χ0n) is 12.3. The molecule has 5 nitrogen and oxygen atoms in total. The topological polar surface area (TPSA) is 59.8 Å². The number of hydrogen-bond acceptors (Lipinski definition) is 4. The Morgan fingerprint density at radius 1 is 1.08 bits per heavy atom. The van der Waals surface area contributed by atoms with Gasteiger partial charge in [0.05, 0.1) is 5.75 Å². The molecule has 0 aliphatic rings. The van der Waals surface area contributed by atoms with Gasteiger partial charge in [0.15, 0.2) is 5.16 Å². The summed E-state index contributed by atoms with van der Waals surface area (Å²) in [5, 5.41) is 10.5. The second-order valence-electron chi connectivity index (χ2n) is 4.75. The monoisotopic (exact) mass is 346 g/mol. The molecule has 8 heteroatoms. The SMILES string of the molecule is O=C(CSc1nncn1-c1ccccc1)Nc1c(F)cccc1F. The molecule has 2 aromatic carbocycles. The fourth-order valence-corrected chi connectivity index (χ4v) is 2.74. The summed E-state index contributed by atoms with van der Waals surface area (Å²) in [6, 6.07) is 12.8. The van der Waals surface area contributed by atoms with Crippen molar-refractivity contribution in [3.8, 4) is 5.69 Å². The van der Waals surface area contributed by atoms with Crippen molar-refractivity contribution in [2.24, 2.45) is 0 Å². The van der Waals surface area contributed by atoms with Gasteiger partial charge in [0.1, 0.15) is 23.6 Å². The summed E-state index contributed by atoms with van der Waals surface area (Å²) in [5.74, 6) is -2.23. The van der Waals surface area contributed by atoms with Crippen LogP contribution in [0.5, 0.6) is 0 Å². The van der Waals surface area contributed by atoms with Crippen molar-refractivity contribution in [2.75, 3.05) is 11.1 Å². The molecule has 0 radical (unpaired) electrons. The second kappa shape index (κ2) is 7.22. The van der Waals surface area contributed by atoms with Crippen molar-refractivity contribution in [1.82, 2.24) is 14.8 Å². The summed E-state index contributed by atoms with van der Waals surface area (Å²) in [5.41, 5.74) is 0.401. The first kappa shape index (κ1) is 16.1. The lowest BCUT2D eigenvalue weighted by Gasteiger charge is -2.08. The lowest BCUT2D eigenvalue weighted by Crippen LogP contribution is -2.16. The molecule has 0 aliphatic heterocycles. The number of aromatic nitrogens is 3. The molecule has 0 bridgehead atoms. The largest absolute Gasteiger partial charge is 0.320 e. The summed E-state index contributed by atoms with van der Waals surface area (Å²) < 4.78 is 28.8. The average molecular weight is 346 g/mol. The van der Waals surface area contributed by atoms with Crippen LogP contribution in [-0.2, 0) is 4.79 Å². The number of thioether (sulfide) groups is 1. The molecule has 0 spiro atoms. The Balaban J connectivity index is 1.67. The maximum absolute atomic E-state index is 13.5. The number of rotatable bonds is 5. The van der Waals surface area contributed by atoms with Gasteiger partial charge in [-0.05, 0) is 24.3 Å². The molecule has 1 N–H and O–H groups in total. The minimum Gasteiger partial charge on any atom is -0.320 e. The molecular formula is C16H12F2N4OS. The highest BCUT2D eigenvalue weighted by atomic mass is 32.2. The molecule has 1 aromatic heterocycles. The number of benzene rings is 2. The predicted octanol–water partition coefficient (Wildman–Crippen LogP) is 3.28. The van der Waals surface area contributed by atoms with Gasteiger partial charge in [-0.3, -0.25) is 9.36 Å². The maximum atomic E-state index is 13.5. The maximum Gasteiger partial charge on any atom is 0.235 e. The van der Waals surface area contributed by atoms with Crippen molar-refractivity contribution in [2.45, 2.75) is 5.16 Å². The zero-order chi connectivity index (χ0) is 16.9. The number of carbonyl (C=O) groups excluding carboxylic acids is 1. The molecule has 0 saturated carbocycles. The molecule has 3 aromatic rings. The van der Waals surface area contributed by atoms with Crippen LogP contribution in [0.4, 0.5) is 14.5 Å². The van der Waals surface area contributed by atoms with Gasteiger partial charge in [0.2, 0.25) is 5.91 Å². The minimum atomic E-state index is -0.819. The van der Waals surface area contributed by atoms with Crippen LogP contribution in [0.15, 0.2) is 60.0 Å². The third-order valence-corrected chi connectivity index (χ3v) is 4.05. The number of nitrogens with zero attached hydrogens (tertiary/aromatic N) is 3. The van der Waals surface area contributed by atoms with E-state index in [1.165, 1.54) is 12.4 Å². The van der Waals surface area contributed by atoms with E-state index in [2.05, 4.69) is 15.5 Å². The van der Waals surface area contributed by atoms with Gasteiger partial charge in [-0.25, -0.2) is 8.78 Å². The Hall–Kier alpha value is -2.74. The number of hydrogen-bond donors (Lipinski definition) is 1. The molecule has 1 amide bonds. The van der Waals surface area contributed by atoms with Crippen LogP contribution in [0.1, 0.15) is 0 Å². The molecule has 0 unspecified atom stereocenters. The number of para-hydroxylation sites is 2.